The number of aliphatic carboxylic acids is 1. The highest BCUT2D eigenvalue weighted by Crippen LogP contribution is 2.07. The first-order valence-electron chi connectivity index (χ1n) is 5.12. The van der Waals surface area contributed by atoms with E-state index in [1.54, 1.807) is 13.8 Å². The number of carbonyl (C=O) groups excluding carboxylic acids is 1. The predicted molar refractivity (Wildman–Crippen MR) is 55.5 cm³/mol. The number of ether oxygens (including phenoxy) is 1. The number of hydrogen-bond donors (Lipinski definition) is 2. The van der Waals surface area contributed by atoms with Gasteiger partial charge in [0.2, 0.25) is 5.91 Å². The Morgan fingerprint density at radius 2 is 2.00 bits per heavy atom. The molecule has 0 fully saturated rings. The summed E-state index contributed by atoms with van der Waals surface area (Å²) in [5.74, 6) is -1.48. The van der Waals surface area contributed by atoms with Crippen LogP contribution in [-0.2, 0) is 14.3 Å². The van der Waals surface area contributed by atoms with Crippen LogP contribution in [0.4, 0.5) is 0 Å². The molecule has 0 rings (SSSR count). The monoisotopic (exact) mass is 217 g/mol. The molecular weight excluding hydrogens is 198 g/mol. The molecule has 5 heteroatoms. The fraction of sp³-hybridized carbons (Fsp3) is 0.800. The first-order valence-corrected chi connectivity index (χ1v) is 5.12. The van der Waals surface area contributed by atoms with E-state index >= 15 is 0 Å². The molecule has 0 aromatic heterocycles. The maximum Gasteiger partial charge on any atom is 0.326 e. The van der Waals surface area contributed by atoms with Crippen LogP contribution < -0.4 is 5.32 Å². The van der Waals surface area contributed by atoms with Crippen molar-refractivity contribution in [2.24, 2.45) is 5.92 Å². The van der Waals surface area contributed by atoms with Crippen molar-refractivity contribution in [2.45, 2.75) is 33.2 Å². The lowest BCUT2D eigenvalue weighted by molar-refractivity contribution is -0.144. The zero-order valence-electron chi connectivity index (χ0n) is 9.45. The summed E-state index contributed by atoms with van der Waals surface area (Å²) in [6.07, 6.45) is 0.700. The van der Waals surface area contributed by atoms with E-state index in [2.05, 4.69) is 5.32 Å². The van der Waals surface area contributed by atoms with Crippen LogP contribution in [0.2, 0.25) is 0 Å². The van der Waals surface area contributed by atoms with Gasteiger partial charge in [-0.05, 0) is 12.8 Å². The van der Waals surface area contributed by atoms with E-state index in [1.807, 2.05) is 6.92 Å². The van der Waals surface area contributed by atoms with E-state index in [1.165, 1.54) is 0 Å². The van der Waals surface area contributed by atoms with Crippen molar-refractivity contribution in [2.75, 3.05) is 13.2 Å². The van der Waals surface area contributed by atoms with Crippen LogP contribution >= 0.6 is 0 Å². The van der Waals surface area contributed by atoms with E-state index in [9.17, 15) is 9.59 Å². The highest BCUT2D eigenvalue weighted by Gasteiger charge is 2.24. The fourth-order valence-corrected chi connectivity index (χ4v) is 1.09. The topological polar surface area (TPSA) is 75.6 Å². The Labute approximate surface area is 89.8 Å². The van der Waals surface area contributed by atoms with Crippen LogP contribution in [0.15, 0.2) is 0 Å². The molecule has 0 saturated carbocycles. The Morgan fingerprint density at radius 1 is 1.40 bits per heavy atom. The first-order chi connectivity index (χ1) is 7.02. The maximum absolute atomic E-state index is 11.2. The first kappa shape index (κ1) is 13.9. The lowest BCUT2D eigenvalue weighted by Gasteiger charge is -2.19. The van der Waals surface area contributed by atoms with Crippen molar-refractivity contribution in [1.29, 1.82) is 0 Å². The summed E-state index contributed by atoms with van der Waals surface area (Å²) >= 11 is 0. The number of nitrogens with one attached hydrogen (secondary N) is 1. The van der Waals surface area contributed by atoms with Gasteiger partial charge in [-0.2, -0.15) is 0 Å². The molecule has 15 heavy (non-hydrogen) atoms. The lowest BCUT2D eigenvalue weighted by Crippen LogP contribution is -2.46. The average Bonchev–Trinajstić information content (AvgIpc) is 2.21. The molecule has 0 unspecified atom stereocenters. The fourth-order valence-electron chi connectivity index (χ4n) is 1.09. The third kappa shape index (κ3) is 5.37. The van der Waals surface area contributed by atoms with Gasteiger partial charge in [-0.25, -0.2) is 4.79 Å². The van der Waals surface area contributed by atoms with Gasteiger partial charge in [0.15, 0.2) is 0 Å². The van der Waals surface area contributed by atoms with Crippen molar-refractivity contribution in [3.8, 4) is 0 Å². The molecule has 2 atom stereocenters. The van der Waals surface area contributed by atoms with Gasteiger partial charge in [0.05, 0.1) is 0 Å². The SMILES string of the molecule is CCOCC(=O)N[C@H](C(=O)O)[C@@H](C)CC. The van der Waals surface area contributed by atoms with E-state index < -0.39 is 12.0 Å². The Morgan fingerprint density at radius 3 is 2.40 bits per heavy atom. The van der Waals surface area contributed by atoms with Crippen molar-refractivity contribution < 1.29 is 19.4 Å². The van der Waals surface area contributed by atoms with Gasteiger partial charge in [0, 0.05) is 6.61 Å². The standard InChI is InChI=1S/C10H19NO4/c1-4-7(3)9(10(13)14)11-8(12)6-15-5-2/h7,9H,4-6H2,1-3H3,(H,11,12)(H,13,14)/t7-,9-/m0/s1. The van der Waals surface area contributed by atoms with Gasteiger partial charge < -0.3 is 15.2 Å². The van der Waals surface area contributed by atoms with Crippen LogP contribution in [0.5, 0.6) is 0 Å². The summed E-state index contributed by atoms with van der Waals surface area (Å²) in [5.41, 5.74) is 0. The van der Waals surface area contributed by atoms with Gasteiger partial charge in [-0.1, -0.05) is 20.3 Å². The molecule has 1 amide bonds. The summed E-state index contributed by atoms with van der Waals surface area (Å²) in [4.78, 5) is 22.1. The molecule has 0 bridgehead atoms. The van der Waals surface area contributed by atoms with Crippen LogP contribution in [0, 0.1) is 5.92 Å². The summed E-state index contributed by atoms with van der Waals surface area (Å²) in [5, 5.41) is 11.3. The van der Waals surface area contributed by atoms with Gasteiger partial charge in [0.25, 0.3) is 0 Å². The molecule has 0 aliphatic carbocycles. The highest BCUT2D eigenvalue weighted by atomic mass is 16.5. The Bertz CT molecular complexity index is 217. The van der Waals surface area contributed by atoms with Crippen LogP contribution in [0.1, 0.15) is 27.2 Å². The molecule has 0 aliphatic heterocycles. The largest absolute Gasteiger partial charge is 0.480 e. The van der Waals surface area contributed by atoms with E-state index in [-0.39, 0.29) is 18.4 Å². The third-order valence-electron chi connectivity index (χ3n) is 2.23. The van der Waals surface area contributed by atoms with E-state index in [0.29, 0.717) is 13.0 Å². The van der Waals surface area contributed by atoms with Gasteiger partial charge in [-0.3, -0.25) is 4.79 Å². The summed E-state index contributed by atoms with van der Waals surface area (Å²) in [6, 6.07) is -0.831. The number of amides is 1. The molecular formula is C10H19NO4. The van der Waals surface area contributed by atoms with Gasteiger partial charge >= 0.3 is 5.97 Å². The smallest absolute Gasteiger partial charge is 0.326 e. The summed E-state index contributed by atoms with van der Waals surface area (Å²) in [7, 11) is 0. The van der Waals surface area contributed by atoms with Crippen molar-refractivity contribution in [3.05, 3.63) is 0 Å². The van der Waals surface area contributed by atoms with Crippen molar-refractivity contribution >= 4 is 11.9 Å². The molecule has 88 valence electrons. The molecule has 0 heterocycles. The quantitative estimate of drug-likeness (QED) is 0.656. The van der Waals surface area contributed by atoms with Crippen LogP contribution in [0.3, 0.4) is 0 Å². The molecule has 0 radical (unpaired) electrons. The normalized spacial score (nSPS) is 14.3. The molecule has 0 aromatic rings. The number of hydrogen-bond acceptors (Lipinski definition) is 3. The van der Waals surface area contributed by atoms with Crippen LogP contribution in [-0.4, -0.2) is 36.2 Å². The minimum absolute atomic E-state index is 0.0866. The number of carboxylic acids is 1. The molecule has 2 N–H and O–H groups in total. The Kier molecular flexibility index (Phi) is 6.70. The second-order valence-electron chi connectivity index (χ2n) is 3.41. The van der Waals surface area contributed by atoms with E-state index in [0.717, 1.165) is 0 Å². The third-order valence-corrected chi connectivity index (χ3v) is 2.23. The van der Waals surface area contributed by atoms with Crippen LogP contribution in [0.25, 0.3) is 0 Å². The maximum atomic E-state index is 11.2. The summed E-state index contributed by atoms with van der Waals surface area (Å²) < 4.78 is 4.88. The lowest BCUT2D eigenvalue weighted by atomic mass is 9.99. The zero-order chi connectivity index (χ0) is 11.8. The van der Waals surface area contributed by atoms with Gasteiger partial charge in [0.1, 0.15) is 12.6 Å². The summed E-state index contributed by atoms with van der Waals surface area (Å²) in [6.45, 7) is 5.80. The average molecular weight is 217 g/mol. The number of rotatable bonds is 7. The van der Waals surface area contributed by atoms with Crippen molar-refractivity contribution in [1.82, 2.24) is 5.32 Å². The zero-order valence-corrected chi connectivity index (χ0v) is 9.45. The molecule has 0 aromatic carbocycles. The second kappa shape index (κ2) is 7.23. The minimum atomic E-state index is -1.01. The van der Waals surface area contributed by atoms with Gasteiger partial charge in [-0.15, -0.1) is 0 Å². The van der Waals surface area contributed by atoms with E-state index in [4.69, 9.17) is 9.84 Å². The predicted octanol–water partition coefficient (Wildman–Crippen LogP) is 0.638. The van der Waals surface area contributed by atoms with Crippen molar-refractivity contribution in [3.63, 3.8) is 0 Å². The number of carbonyl (C=O) groups is 2. The molecule has 0 spiro atoms. The minimum Gasteiger partial charge on any atom is -0.480 e. The number of carboxylic acid groups (broad SMARTS) is 1. The highest BCUT2D eigenvalue weighted by molar-refractivity contribution is 5.84. The Balaban J connectivity index is 4.16. The molecule has 0 saturated heterocycles. The molecule has 5 nitrogen and oxygen atoms in total. The molecule has 0 aliphatic rings. The second-order valence-corrected chi connectivity index (χ2v) is 3.41. The Hall–Kier alpha value is -1.10.